The van der Waals surface area contributed by atoms with Crippen LogP contribution in [-0.2, 0) is 4.79 Å². The van der Waals surface area contributed by atoms with Gasteiger partial charge in [0.25, 0.3) is 5.91 Å². The third-order valence-electron chi connectivity index (χ3n) is 3.86. The van der Waals surface area contributed by atoms with Crippen molar-refractivity contribution in [2.24, 2.45) is 10.9 Å². The minimum atomic E-state index is -0.444. The Hall–Kier alpha value is -1.03. The largest absolute Gasteiger partial charge is 0.280 e. The van der Waals surface area contributed by atoms with Crippen molar-refractivity contribution in [2.75, 3.05) is 0 Å². The van der Waals surface area contributed by atoms with Crippen LogP contribution in [0, 0.1) is 5.92 Å². The Labute approximate surface area is 101 Å². The maximum atomic E-state index is 12.2. The fraction of sp³-hybridized carbons (Fsp3) is 0.583. The molecule has 0 aliphatic carbocycles. The minimum Gasteiger partial charge on any atom is -0.280 e. The summed E-state index contributed by atoms with van der Waals surface area (Å²) in [6.07, 6.45) is 0. The van der Waals surface area contributed by atoms with E-state index in [0.29, 0.717) is 4.99 Å². The van der Waals surface area contributed by atoms with E-state index in [1.807, 2.05) is 20.8 Å². The van der Waals surface area contributed by atoms with Crippen molar-refractivity contribution >= 4 is 28.9 Å². The fourth-order valence-electron chi connectivity index (χ4n) is 2.13. The van der Waals surface area contributed by atoms with Gasteiger partial charge >= 0.3 is 0 Å². The quantitative estimate of drug-likeness (QED) is 0.654. The van der Waals surface area contributed by atoms with Gasteiger partial charge in [-0.3, -0.25) is 9.69 Å². The molecule has 16 heavy (non-hydrogen) atoms. The topological polar surface area (TPSA) is 32.7 Å². The molecule has 4 heteroatoms. The molecule has 0 radical (unpaired) electrons. The summed E-state index contributed by atoms with van der Waals surface area (Å²) in [5.74, 6) is 1.06. The van der Waals surface area contributed by atoms with Crippen molar-refractivity contribution in [1.29, 1.82) is 0 Å². The zero-order valence-electron chi connectivity index (χ0n) is 10.3. The lowest BCUT2D eigenvalue weighted by Crippen LogP contribution is -2.53. The van der Waals surface area contributed by atoms with Gasteiger partial charge < -0.3 is 0 Å². The van der Waals surface area contributed by atoms with Crippen LogP contribution in [-0.4, -0.2) is 27.2 Å². The normalized spacial score (nSPS) is 29.4. The van der Waals surface area contributed by atoms with Crippen LogP contribution in [0.1, 0.15) is 34.6 Å². The molecule has 2 heterocycles. The molecule has 0 saturated heterocycles. The van der Waals surface area contributed by atoms with E-state index >= 15 is 0 Å². The summed E-state index contributed by atoms with van der Waals surface area (Å²) in [4.78, 5) is 19.0. The van der Waals surface area contributed by atoms with Gasteiger partial charge in [0.05, 0.1) is 0 Å². The zero-order chi connectivity index (χ0) is 12.2. The van der Waals surface area contributed by atoms with E-state index in [4.69, 9.17) is 12.2 Å². The molecule has 0 spiro atoms. The molecule has 3 nitrogen and oxygen atoms in total. The van der Waals surface area contributed by atoms with Gasteiger partial charge in [-0.2, -0.15) is 0 Å². The van der Waals surface area contributed by atoms with Crippen LogP contribution in [0.2, 0.25) is 0 Å². The number of aliphatic imine (C=N–C) groups is 1. The van der Waals surface area contributed by atoms with E-state index in [2.05, 4.69) is 18.8 Å². The first-order valence-corrected chi connectivity index (χ1v) is 5.88. The molecular formula is C12H16N2OS. The Bertz CT molecular complexity index is 462. The summed E-state index contributed by atoms with van der Waals surface area (Å²) in [5, 5.41) is 0. The number of carbonyl (C=O) groups is 1. The second kappa shape index (κ2) is 3.23. The van der Waals surface area contributed by atoms with Crippen LogP contribution in [0.4, 0.5) is 0 Å². The Morgan fingerprint density at radius 3 is 2.38 bits per heavy atom. The van der Waals surface area contributed by atoms with Crippen molar-refractivity contribution in [1.82, 2.24) is 4.90 Å². The highest BCUT2D eigenvalue weighted by Crippen LogP contribution is 2.39. The van der Waals surface area contributed by atoms with Crippen LogP contribution in [0.25, 0.3) is 0 Å². The standard InChI is InChI=1S/C12H16N2OS/c1-6(2)12(5)11(16)13-9-7(3)8(4)10(15)14(9)12/h6H,1-5H3. The molecule has 0 fully saturated rings. The van der Waals surface area contributed by atoms with Gasteiger partial charge in [0.15, 0.2) is 0 Å². The van der Waals surface area contributed by atoms with Crippen LogP contribution in [0.3, 0.4) is 0 Å². The highest BCUT2D eigenvalue weighted by Gasteiger charge is 2.52. The zero-order valence-corrected chi connectivity index (χ0v) is 11.1. The molecule has 0 aromatic rings. The molecule has 2 aliphatic heterocycles. The SMILES string of the molecule is CC1=C(C)C2=NC(=S)C(C)(C(C)C)N2C1=O. The van der Waals surface area contributed by atoms with E-state index in [0.717, 1.165) is 17.0 Å². The van der Waals surface area contributed by atoms with Gasteiger partial charge in [0.2, 0.25) is 0 Å². The number of thiocarbonyl (C=S) groups is 1. The number of hydrogen-bond donors (Lipinski definition) is 0. The number of carbonyl (C=O) groups excluding carboxylic acids is 1. The van der Waals surface area contributed by atoms with Crippen molar-refractivity contribution in [3.05, 3.63) is 11.1 Å². The molecule has 0 aromatic heterocycles. The van der Waals surface area contributed by atoms with Crippen LogP contribution in [0.15, 0.2) is 16.1 Å². The first kappa shape index (κ1) is 11.5. The predicted octanol–water partition coefficient (Wildman–Crippen LogP) is 2.32. The van der Waals surface area contributed by atoms with Crippen molar-refractivity contribution in [3.8, 4) is 0 Å². The average molecular weight is 236 g/mol. The summed E-state index contributed by atoms with van der Waals surface area (Å²) in [6.45, 7) is 9.92. The van der Waals surface area contributed by atoms with E-state index in [-0.39, 0.29) is 11.8 Å². The highest BCUT2D eigenvalue weighted by molar-refractivity contribution is 7.80. The summed E-state index contributed by atoms with van der Waals surface area (Å²) in [5.41, 5.74) is 1.30. The second-order valence-corrected chi connectivity index (χ2v) is 5.32. The van der Waals surface area contributed by atoms with Gasteiger partial charge in [0, 0.05) is 11.1 Å². The van der Waals surface area contributed by atoms with Crippen LogP contribution >= 0.6 is 12.2 Å². The molecule has 1 amide bonds. The van der Waals surface area contributed by atoms with Gasteiger partial charge in [-0.25, -0.2) is 4.99 Å². The third kappa shape index (κ3) is 1.11. The van der Waals surface area contributed by atoms with E-state index in [1.165, 1.54) is 0 Å². The minimum absolute atomic E-state index is 0.0484. The molecule has 1 unspecified atom stereocenters. The summed E-state index contributed by atoms with van der Waals surface area (Å²) < 4.78 is 0. The predicted molar refractivity (Wildman–Crippen MR) is 68.5 cm³/mol. The van der Waals surface area contributed by atoms with E-state index in [1.54, 1.807) is 4.90 Å². The molecule has 0 aromatic carbocycles. The van der Waals surface area contributed by atoms with Gasteiger partial charge in [-0.05, 0) is 26.7 Å². The molecule has 0 N–H and O–H groups in total. The number of amides is 1. The highest BCUT2D eigenvalue weighted by atomic mass is 32.1. The monoisotopic (exact) mass is 236 g/mol. The van der Waals surface area contributed by atoms with E-state index < -0.39 is 5.54 Å². The molecule has 1 atom stereocenters. The second-order valence-electron chi connectivity index (χ2n) is 4.93. The van der Waals surface area contributed by atoms with Crippen molar-refractivity contribution < 1.29 is 4.79 Å². The van der Waals surface area contributed by atoms with Crippen LogP contribution < -0.4 is 0 Å². The molecule has 86 valence electrons. The lowest BCUT2D eigenvalue weighted by atomic mass is 9.87. The smallest absolute Gasteiger partial charge is 0.256 e. The molecule has 2 rings (SSSR count). The van der Waals surface area contributed by atoms with Crippen molar-refractivity contribution in [2.45, 2.75) is 40.2 Å². The summed E-state index contributed by atoms with van der Waals surface area (Å²) >= 11 is 5.33. The fourth-order valence-corrected chi connectivity index (χ4v) is 2.55. The Kier molecular flexibility index (Phi) is 2.31. The molecule has 0 saturated carbocycles. The van der Waals surface area contributed by atoms with E-state index in [9.17, 15) is 4.79 Å². The molecule has 2 aliphatic rings. The van der Waals surface area contributed by atoms with Gasteiger partial charge in [-0.15, -0.1) is 0 Å². The Morgan fingerprint density at radius 1 is 1.31 bits per heavy atom. The van der Waals surface area contributed by atoms with Gasteiger partial charge in [0.1, 0.15) is 16.4 Å². The maximum Gasteiger partial charge on any atom is 0.256 e. The summed E-state index contributed by atoms with van der Waals surface area (Å²) in [6, 6.07) is 0. The summed E-state index contributed by atoms with van der Waals surface area (Å²) in [7, 11) is 0. The number of rotatable bonds is 1. The maximum absolute atomic E-state index is 12.2. The number of nitrogens with zero attached hydrogens (tertiary/aromatic N) is 2. The first-order valence-electron chi connectivity index (χ1n) is 5.47. The lowest BCUT2D eigenvalue weighted by Gasteiger charge is -2.36. The Balaban J connectivity index is 2.58. The Morgan fingerprint density at radius 2 is 1.88 bits per heavy atom. The van der Waals surface area contributed by atoms with Crippen molar-refractivity contribution in [3.63, 3.8) is 0 Å². The average Bonchev–Trinajstić information content (AvgIpc) is 2.59. The first-order chi connectivity index (χ1) is 7.31. The number of fused-ring (bicyclic) bond motifs is 1. The lowest BCUT2D eigenvalue weighted by molar-refractivity contribution is -0.125. The van der Waals surface area contributed by atoms with Gasteiger partial charge in [-0.1, -0.05) is 26.1 Å². The number of amidine groups is 1. The molecular weight excluding hydrogens is 220 g/mol. The number of hydrogen-bond acceptors (Lipinski definition) is 2. The third-order valence-corrected chi connectivity index (χ3v) is 4.37. The van der Waals surface area contributed by atoms with Crippen LogP contribution in [0.5, 0.6) is 0 Å². The molecule has 0 bridgehead atoms.